The molecular formula is C20H15ClN2O5S. The lowest BCUT2D eigenvalue weighted by Gasteiger charge is -2.12. The number of nitrogens with zero attached hydrogens (tertiary/aromatic N) is 1. The van der Waals surface area contributed by atoms with E-state index in [-0.39, 0.29) is 18.2 Å². The molecule has 0 atom stereocenters. The Hall–Kier alpha value is -2.97. The highest BCUT2D eigenvalue weighted by atomic mass is 35.5. The summed E-state index contributed by atoms with van der Waals surface area (Å²) in [5.74, 6) is 0.0247. The van der Waals surface area contributed by atoms with Gasteiger partial charge in [0.05, 0.1) is 9.93 Å². The molecule has 2 aliphatic heterocycles. The zero-order valence-corrected chi connectivity index (χ0v) is 16.8. The van der Waals surface area contributed by atoms with E-state index in [0.29, 0.717) is 27.8 Å². The van der Waals surface area contributed by atoms with Crippen LogP contribution < -0.4 is 14.8 Å². The number of rotatable bonds is 4. The predicted molar refractivity (Wildman–Crippen MR) is 110 cm³/mol. The van der Waals surface area contributed by atoms with Gasteiger partial charge in [-0.1, -0.05) is 29.3 Å². The Balaban J connectivity index is 1.48. The largest absolute Gasteiger partial charge is 0.454 e. The third-order valence-corrected chi connectivity index (χ3v) is 5.52. The van der Waals surface area contributed by atoms with Crippen LogP contribution in [0.2, 0.25) is 5.02 Å². The van der Waals surface area contributed by atoms with Crippen LogP contribution in [-0.2, 0) is 9.59 Å². The van der Waals surface area contributed by atoms with Crippen LogP contribution in [-0.4, -0.2) is 35.3 Å². The van der Waals surface area contributed by atoms with Crippen LogP contribution in [0.25, 0.3) is 6.08 Å². The standard InChI is InChI=1S/C20H15ClN2O5S/c1-11-2-4-13(5-3-11)22-18(24)9-23-19(25)17(29-20(23)26)7-12-6-15-16(8-14(12)21)28-10-27-15/h2-8H,9-10H2,1H3,(H,22,24)/b17-7-. The Morgan fingerprint density at radius 1 is 1.21 bits per heavy atom. The molecule has 148 valence electrons. The smallest absolute Gasteiger partial charge is 0.294 e. The fourth-order valence-corrected chi connectivity index (χ4v) is 3.84. The molecule has 1 saturated heterocycles. The van der Waals surface area contributed by atoms with E-state index < -0.39 is 17.1 Å². The van der Waals surface area contributed by atoms with Gasteiger partial charge in [-0.05, 0) is 48.5 Å². The molecule has 7 nitrogen and oxygen atoms in total. The Bertz CT molecular complexity index is 1050. The molecule has 29 heavy (non-hydrogen) atoms. The summed E-state index contributed by atoms with van der Waals surface area (Å²) in [7, 11) is 0. The number of carbonyl (C=O) groups excluding carboxylic acids is 3. The van der Waals surface area contributed by atoms with Gasteiger partial charge in [-0.3, -0.25) is 19.3 Å². The van der Waals surface area contributed by atoms with Gasteiger partial charge in [-0.2, -0.15) is 0 Å². The predicted octanol–water partition coefficient (Wildman–Crippen LogP) is 4.05. The lowest BCUT2D eigenvalue weighted by atomic mass is 10.2. The second-order valence-electron chi connectivity index (χ2n) is 6.41. The summed E-state index contributed by atoms with van der Waals surface area (Å²) >= 11 is 6.99. The molecule has 1 N–H and O–H groups in total. The van der Waals surface area contributed by atoms with E-state index >= 15 is 0 Å². The van der Waals surface area contributed by atoms with Crippen LogP contribution in [0.5, 0.6) is 11.5 Å². The van der Waals surface area contributed by atoms with Crippen LogP contribution >= 0.6 is 23.4 Å². The maximum atomic E-state index is 12.6. The molecule has 0 radical (unpaired) electrons. The zero-order chi connectivity index (χ0) is 20.5. The monoisotopic (exact) mass is 430 g/mol. The van der Waals surface area contributed by atoms with Gasteiger partial charge in [0, 0.05) is 11.8 Å². The third-order valence-electron chi connectivity index (χ3n) is 4.29. The van der Waals surface area contributed by atoms with Gasteiger partial charge >= 0.3 is 0 Å². The molecule has 0 aliphatic carbocycles. The first-order chi connectivity index (χ1) is 13.9. The summed E-state index contributed by atoms with van der Waals surface area (Å²) in [4.78, 5) is 38.2. The van der Waals surface area contributed by atoms with E-state index in [1.165, 1.54) is 6.08 Å². The Morgan fingerprint density at radius 2 is 1.90 bits per heavy atom. The number of anilines is 1. The number of halogens is 1. The first-order valence-electron chi connectivity index (χ1n) is 8.62. The highest BCUT2D eigenvalue weighted by Crippen LogP contribution is 2.39. The van der Waals surface area contributed by atoms with Crippen LogP contribution in [0, 0.1) is 6.92 Å². The number of benzene rings is 2. The molecule has 1 fully saturated rings. The second-order valence-corrected chi connectivity index (χ2v) is 7.81. The summed E-state index contributed by atoms with van der Waals surface area (Å²) in [6.45, 7) is 1.66. The van der Waals surface area contributed by atoms with Crippen LogP contribution in [0.4, 0.5) is 10.5 Å². The van der Waals surface area contributed by atoms with Crippen molar-refractivity contribution in [1.82, 2.24) is 4.90 Å². The fraction of sp³-hybridized carbons (Fsp3) is 0.150. The van der Waals surface area contributed by atoms with Crippen molar-refractivity contribution < 1.29 is 23.9 Å². The summed E-state index contributed by atoms with van der Waals surface area (Å²) in [5.41, 5.74) is 2.17. The van der Waals surface area contributed by atoms with Crippen molar-refractivity contribution in [2.24, 2.45) is 0 Å². The molecule has 0 unspecified atom stereocenters. The molecule has 3 amide bonds. The molecule has 0 aromatic heterocycles. The molecule has 0 saturated carbocycles. The van der Waals surface area contributed by atoms with Crippen LogP contribution in [0.15, 0.2) is 41.3 Å². The van der Waals surface area contributed by atoms with Gasteiger partial charge < -0.3 is 14.8 Å². The summed E-state index contributed by atoms with van der Waals surface area (Å²) in [6.07, 6.45) is 1.51. The zero-order valence-electron chi connectivity index (χ0n) is 15.2. The third kappa shape index (κ3) is 4.08. The number of aryl methyl sites for hydroxylation is 1. The van der Waals surface area contributed by atoms with E-state index in [2.05, 4.69) is 5.32 Å². The van der Waals surface area contributed by atoms with E-state index in [1.54, 1.807) is 24.3 Å². The maximum absolute atomic E-state index is 12.6. The normalized spacial score (nSPS) is 16.6. The molecule has 2 heterocycles. The molecule has 0 bridgehead atoms. The van der Waals surface area contributed by atoms with Crippen molar-refractivity contribution >= 4 is 52.2 Å². The van der Waals surface area contributed by atoms with Crippen molar-refractivity contribution in [3.05, 3.63) is 57.5 Å². The number of carbonyl (C=O) groups is 3. The van der Waals surface area contributed by atoms with E-state index in [4.69, 9.17) is 21.1 Å². The number of amides is 3. The number of nitrogens with one attached hydrogen (secondary N) is 1. The van der Waals surface area contributed by atoms with Crippen LogP contribution in [0.1, 0.15) is 11.1 Å². The summed E-state index contributed by atoms with van der Waals surface area (Å²) < 4.78 is 10.6. The quantitative estimate of drug-likeness (QED) is 0.736. The van der Waals surface area contributed by atoms with Crippen molar-refractivity contribution in [1.29, 1.82) is 0 Å². The first-order valence-corrected chi connectivity index (χ1v) is 9.81. The van der Waals surface area contributed by atoms with E-state index in [1.807, 2.05) is 19.1 Å². The molecular weight excluding hydrogens is 416 g/mol. The molecule has 0 spiro atoms. The Morgan fingerprint density at radius 3 is 2.62 bits per heavy atom. The van der Waals surface area contributed by atoms with Crippen LogP contribution in [0.3, 0.4) is 0 Å². The minimum Gasteiger partial charge on any atom is -0.454 e. The molecule has 2 aromatic carbocycles. The average Bonchev–Trinajstić information content (AvgIpc) is 3.23. The minimum atomic E-state index is -0.548. The van der Waals surface area contributed by atoms with Gasteiger partial charge in [0.1, 0.15) is 6.54 Å². The number of hydrogen-bond donors (Lipinski definition) is 1. The molecule has 2 aliphatic rings. The number of thioether (sulfide) groups is 1. The van der Waals surface area contributed by atoms with Gasteiger partial charge in [0.15, 0.2) is 11.5 Å². The first kappa shape index (κ1) is 19.4. The minimum absolute atomic E-state index is 0.0989. The molecule has 4 rings (SSSR count). The van der Waals surface area contributed by atoms with Gasteiger partial charge in [-0.25, -0.2) is 0 Å². The van der Waals surface area contributed by atoms with E-state index in [9.17, 15) is 14.4 Å². The van der Waals surface area contributed by atoms with E-state index in [0.717, 1.165) is 22.2 Å². The second kappa shape index (κ2) is 7.81. The summed E-state index contributed by atoms with van der Waals surface area (Å²) in [5, 5.41) is 2.52. The highest BCUT2D eigenvalue weighted by molar-refractivity contribution is 8.18. The Kier molecular flexibility index (Phi) is 5.21. The lowest BCUT2D eigenvalue weighted by molar-refractivity contribution is -0.127. The average molecular weight is 431 g/mol. The van der Waals surface area contributed by atoms with Gasteiger partial charge in [-0.15, -0.1) is 0 Å². The maximum Gasteiger partial charge on any atom is 0.294 e. The number of fused-ring (bicyclic) bond motifs is 1. The van der Waals surface area contributed by atoms with Crippen molar-refractivity contribution in [2.75, 3.05) is 18.7 Å². The number of ether oxygens (including phenoxy) is 2. The number of hydrogen-bond acceptors (Lipinski definition) is 6. The highest BCUT2D eigenvalue weighted by Gasteiger charge is 2.36. The van der Waals surface area contributed by atoms with Crippen molar-refractivity contribution in [2.45, 2.75) is 6.92 Å². The van der Waals surface area contributed by atoms with Crippen molar-refractivity contribution in [3.63, 3.8) is 0 Å². The lowest BCUT2D eigenvalue weighted by Crippen LogP contribution is -2.36. The van der Waals surface area contributed by atoms with Crippen molar-refractivity contribution in [3.8, 4) is 11.5 Å². The van der Waals surface area contributed by atoms with Gasteiger partial charge in [0.2, 0.25) is 12.7 Å². The fourth-order valence-electron chi connectivity index (χ4n) is 2.80. The molecule has 2 aromatic rings. The summed E-state index contributed by atoms with van der Waals surface area (Å²) in [6, 6.07) is 10.4. The Labute approximate surface area is 175 Å². The SMILES string of the molecule is Cc1ccc(NC(=O)CN2C(=O)S/C(=C\c3cc4c(cc3Cl)OCO4)C2=O)cc1. The number of imide groups is 1. The van der Waals surface area contributed by atoms with Gasteiger partial charge in [0.25, 0.3) is 11.1 Å². The molecule has 9 heteroatoms. The topological polar surface area (TPSA) is 84.9 Å².